The van der Waals surface area contributed by atoms with Gasteiger partial charge in [0.05, 0.1) is 3.57 Å². The monoisotopic (exact) mass is 418 g/mol. The first kappa shape index (κ1) is 13.7. The quantitative estimate of drug-likeness (QED) is 0.525. The predicted octanol–water partition coefficient (Wildman–Crippen LogP) is 4.51. The summed E-state index contributed by atoms with van der Waals surface area (Å²) in [5.41, 5.74) is 0. The lowest BCUT2D eigenvalue weighted by Gasteiger charge is -2.09. The van der Waals surface area contributed by atoms with Crippen molar-refractivity contribution in [2.24, 2.45) is 0 Å². The minimum absolute atomic E-state index is 0.534. The van der Waals surface area contributed by atoms with Crippen LogP contribution in [0.4, 0.5) is 0 Å². The summed E-state index contributed by atoms with van der Waals surface area (Å²) in [6.45, 7) is 1.07. The first-order valence-electron chi connectivity index (χ1n) is 5.51. The number of rotatable bonds is 5. The van der Waals surface area contributed by atoms with Crippen molar-refractivity contribution in [2.45, 2.75) is 0 Å². The third kappa shape index (κ3) is 4.17. The number of hydrogen-bond acceptors (Lipinski definition) is 2. The van der Waals surface area contributed by atoms with Gasteiger partial charge in [0.25, 0.3) is 0 Å². The summed E-state index contributed by atoms with van der Waals surface area (Å²) in [6, 6.07) is 15.7. The van der Waals surface area contributed by atoms with E-state index >= 15 is 0 Å². The highest BCUT2D eigenvalue weighted by atomic mass is 127. The highest BCUT2D eigenvalue weighted by molar-refractivity contribution is 14.1. The summed E-state index contributed by atoms with van der Waals surface area (Å²) in [4.78, 5) is 0. The number of halogens is 2. The highest BCUT2D eigenvalue weighted by Gasteiger charge is 1.99. The molecule has 0 unspecified atom stereocenters. The first-order valence-corrected chi connectivity index (χ1v) is 7.38. The molecule has 0 aliphatic rings. The van der Waals surface area contributed by atoms with Crippen molar-refractivity contribution in [3.05, 3.63) is 56.6 Å². The Bertz CT molecular complexity index is 499. The number of para-hydroxylation sites is 1. The molecule has 18 heavy (non-hydrogen) atoms. The lowest BCUT2D eigenvalue weighted by Crippen LogP contribution is -2.09. The Morgan fingerprint density at radius 2 is 1.56 bits per heavy atom. The third-order valence-corrected chi connectivity index (χ3v) is 3.68. The maximum absolute atomic E-state index is 5.64. The Kier molecular flexibility index (Phi) is 5.31. The molecule has 0 bridgehead atoms. The van der Waals surface area contributed by atoms with Crippen molar-refractivity contribution < 1.29 is 9.47 Å². The molecule has 94 valence electrons. The molecular weight excluding hydrogens is 407 g/mol. The van der Waals surface area contributed by atoms with E-state index < -0.39 is 0 Å². The van der Waals surface area contributed by atoms with Gasteiger partial charge in [0.15, 0.2) is 0 Å². The molecule has 0 fully saturated rings. The standard InChI is InChI=1S/C14H12BrIO2/c15-11-5-7-12(8-6-11)17-9-10-18-14-4-2-1-3-13(14)16/h1-8H,9-10H2. The zero-order chi connectivity index (χ0) is 12.8. The minimum atomic E-state index is 0.534. The molecule has 0 saturated carbocycles. The Hall–Kier alpha value is -0.750. The van der Waals surface area contributed by atoms with Gasteiger partial charge in [-0.05, 0) is 59.0 Å². The summed E-state index contributed by atoms with van der Waals surface area (Å²) in [5, 5.41) is 0. The van der Waals surface area contributed by atoms with E-state index in [4.69, 9.17) is 9.47 Å². The van der Waals surface area contributed by atoms with E-state index in [9.17, 15) is 0 Å². The van der Waals surface area contributed by atoms with Crippen LogP contribution in [0.5, 0.6) is 11.5 Å². The van der Waals surface area contributed by atoms with Gasteiger partial charge in [0.2, 0.25) is 0 Å². The van der Waals surface area contributed by atoms with Crippen LogP contribution in [-0.4, -0.2) is 13.2 Å². The number of ether oxygens (including phenoxy) is 2. The zero-order valence-corrected chi connectivity index (χ0v) is 13.3. The second kappa shape index (κ2) is 6.99. The fourth-order valence-electron chi connectivity index (χ4n) is 1.40. The molecule has 0 spiro atoms. The van der Waals surface area contributed by atoms with Crippen LogP contribution in [0.15, 0.2) is 53.0 Å². The molecule has 4 heteroatoms. The Morgan fingerprint density at radius 1 is 0.889 bits per heavy atom. The van der Waals surface area contributed by atoms with E-state index in [0.717, 1.165) is 19.5 Å². The second-order valence-electron chi connectivity index (χ2n) is 3.58. The van der Waals surface area contributed by atoms with Crippen LogP contribution >= 0.6 is 38.5 Å². The molecule has 0 aliphatic carbocycles. The van der Waals surface area contributed by atoms with Gasteiger partial charge in [0, 0.05) is 4.47 Å². The average molecular weight is 419 g/mol. The molecular formula is C14H12BrIO2. The van der Waals surface area contributed by atoms with E-state index in [1.165, 1.54) is 0 Å². The summed E-state index contributed by atoms with van der Waals surface area (Å²) in [7, 11) is 0. The molecule has 2 rings (SSSR count). The largest absolute Gasteiger partial charge is 0.490 e. The molecule has 0 radical (unpaired) electrons. The lowest BCUT2D eigenvalue weighted by molar-refractivity contribution is 0.216. The van der Waals surface area contributed by atoms with Crippen molar-refractivity contribution in [1.29, 1.82) is 0 Å². The third-order valence-electron chi connectivity index (χ3n) is 2.26. The first-order chi connectivity index (χ1) is 8.75. The Morgan fingerprint density at radius 3 is 2.28 bits per heavy atom. The molecule has 0 aromatic heterocycles. The second-order valence-corrected chi connectivity index (χ2v) is 5.66. The van der Waals surface area contributed by atoms with Crippen LogP contribution in [-0.2, 0) is 0 Å². The van der Waals surface area contributed by atoms with Crippen molar-refractivity contribution in [3.8, 4) is 11.5 Å². The smallest absolute Gasteiger partial charge is 0.132 e. The summed E-state index contributed by atoms with van der Waals surface area (Å²) in [6.07, 6.45) is 0. The Balaban J connectivity index is 1.76. The minimum Gasteiger partial charge on any atom is -0.490 e. The molecule has 0 atom stereocenters. The molecule has 0 amide bonds. The van der Waals surface area contributed by atoms with Crippen molar-refractivity contribution in [1.82, 2.24) is 0 Å². The topological polar surface area (TPSA) is 18.5 Å². The van der Waals surface area contributed by atoms with Gasteiger partial charge in [0.1, 0.15) is 24.7 Å². The maximum atomic E-state index is 5.64. The fraction of sp³-hybridized carbons (Fsp3) is 0.143. The Labute approximate surface area is 129 Å². The maximum Gasteiger partial charge on any atom is 0.132 e. The zero-order valence-electron chi connectivity index (χ0n) is 9.61. The van der Waals surface area contributed by atoms with Crippen LogP contribution in [0.25, 0.3) is 0 Å². The van der Waals surface area contributed by atoms with Gasteiger partial charge >= 0.3 is 0 Å². The number of benzene rings is 2. The number of hydrogen-bond donors (Lipinski definition) is 0. The molecule has 2 aromatic carbocycles. The predicted molar refractivity (Wildman–Crippen MR) is 84.3 cm³/mol. The van der Waals surface area contributed by atoms with E-state index in [1.807, 2.05) is 48.5 Å². The van der Waals surface area contributed by atoms with Gasteiger partial charge in [-0.15, -0.1) is 0 Å². The molecule has 2 aromatic rings. The van der Waals surface area contributed by atoms with Crippen LogP contribution in [0, 0.1) is 3.57 Å². The van der Waals surface area contributed by atoms with Crippen molar-refractivity contribution >= 4 is 38.5 Å². The summed E-state index contributed by atoms with van der Waals surface area (Å²) in [5.74, 6) is 1.75. The van der Waals surface area contributed by atoms with Crippen molar-refractivity contribution in [2.75, 3.05) is 13.2 Å². The molecule has 2 nitrogen and oxygen atoms in total. The SMILES string of the molecule is Brc1ccc(OCCOc2ccccc2I)cc1. The van der Waals surface area contributed by atoms with Crippen LogP contribution in [0.3, 0.4) is 0 Å². The normalized spacial score (nSPS) is 10.1. The van der Waals surface area contributed by atoms with Crippen LogP contribution < -0.4 is 9.47 Å². The van der Waals surface area contributed by atoms with E-state index in [1.54, 1.807) is 0 Å². The molecule has 0 saturated heterocycles. The molecule has 0 aliphatic heterocycles. The van der Waals surface area contributed by atoms with Gasteiger partial charge in [-0.2, -0.15) is 0 Å². The van der Waals surface area contributed by atoms with E-state index in [-0.39, 0.29) is 0 Å². The highest BCUT2D eigenvalue weighted by Crippen LogP contribution is 2.20. The van der Waals surface area contributed by atoms with Gasteiger partial charge in [-0.3, -0.25) is 0 Å². The fourth-order valence-corrected chi connectivity index (χ4v) is 2.21. The van der Waals surface area contributed by atoms with Gasteiger partial charge < -0.3 is 9.47 Å². The van der Waals surface area contributed by atoms with E-state index in [2.05, 4.69) is 38.5 Å². The van der Waals surface area contributed by atoms with E-state index in [0.29, 0.717) is 13.2 Å². The van der Waals surface area contributed by atoms with Crippen LogP contribution in [0.2, 0.25) is 0 Å². The van der Waals surface area contributed by atoms with Gasteiger partial charge in [-0.1, -0.05) is 28.1 Å². The van der Waals surface area contributed by atoms with Crippen LogP contribution in [0.1, 0.15) is 0 Å². The van der Waals surface area contributed by atoms with Gasteiger partial charge in [-0.25, -0.2) is 0 Å². The average Bonchev–Trinajstić information content (AvgIpc) is 2.39. The lowest BCUT2D eigenvalue weighted by atomic mass is 10.3. The molecule has 0 N–H and O–H groups in total. The van der Waals surface area contributed by atoms with Crippen molar-refractivity contribution in [3.63, 3.8) is 0 Å². The summed E-state index contributed by atoms with van der Waals surface area (Å²) < 4.78 is 13.4. The molecule has 0 heterocycles. The summed E-state index contributed by atoms with van der Waals surface area (Å²) >= 11 is 5.64.